The van der Waals surface area contributed by atoms with Gasteiger partial charge in [-0.3, -0.25) is 0 Å². The Bertz CT molecular complexity index is 251. The minimum atomic E-state index is -4.15. The summed E-state index contributed by atoms with van der Waals surface area (Å²) in [5.74, 6) is 0. The fourth-order valence-corrected chi connectivity index (χ4v) is 1.34. The van der Waals surface area contributed by atoms with Gasteiger partial charge in [0.25, 0.3) is 0 Å². The van der Waals surface area contributed by atoms with Gasteiger partial charge in [-0.05, 0) is 47.7 Å². The first-order valence-corrected chi connectivity index (χ1v) is 10.3. The topological polar surface area (TPSA) is 63.2 Å². The molecule has 0 aliphatic rings. The van der Waals surface area contributed by atoms with E-state index in [1.807, 2.05) is 0 Å². The first-order chi connectivity index (χ1) is 9.92. The van der Waals surface area contributed by atoms with Crippen molar-refractivity contribution in [3.8, 4) is 0 Å². The van der Waals surface area contributed by atoms with Crippen LogP contribution in [0.2, 0.25) is 0 Å². The molecule has 0 aromatic heterocycles. The van der Waals surface area contributed by atoms with Gasteiger partial charge < -0.3 is 23.3 Å². The molecule has 0 rings (SSSR count). The van der Waals surface area contributed by atoms with Gasteiger partial charge in [0.2, 0.25) is 0 Å². The van der Waals surface area contributed by atoms with E-state index in [4.69, 9.17) is 0 Å². The normalized spacial score (nSPS) is 12.0. The largest absolute Gasteiger partial charge is 0.811 e. The zero-order valence-corrected chi connectivity index (χ0v) is 17.4. The molecule has 22 heavy (non-hydrogen) atoms. The Hall–Kier alpha value is 0.0700. The van der Waals surface area contributed by atoms with E-state index in [2.05, 4.69) is 55.6 Å². The third-order valence-electron chi connectivity index (χ3n) is 4.97. The third-order valence-corrected chi connectivity index (χ3v) is 5.74. The van der Waals surface area contributed by atoms with E-state index in [1.165, 1.54) is 55.2 Å². The van der Waals surface area contributed by atoms with Crippen molar-refractivity contribution >= 4 is 7.60 Å². The summed E-state index contributed by atoms with van der Waals surface area (Å²) in [6, 6.07) is 0. The standard InChI is InChI=1S/2C7H18N.C2H7O3P/c2*1-5-8(4,6-2)7-3;1-2-6(3,4)5/h2*5-7H2,1-4H3;2H2,1H3,(H2,3,4,5)/q2*+1;/p-2. The molecule has 0 aromatic carbocycles. The highest BCUT2D eigenvalue weighted by molar-refractivity contribution is 7.48. The minimum absolute atomic E-state index is 0.285. The Labute approximate surface area is 139 Å². The summed E-state index contributed by atoms with van der Waals surface area (Å²) in [6.07, 6.45) is -0.285. The van der Waals surface area contributed by atoms with Crippen molar-refractivity contribution in [2.75, 3.05) is 59.5 Å². The lowest BCUT2D eigenvalue weighted by Gasteiger charge is -2.30. The van der Waals surface area contributed by atoms with Crippen LogP contribution in [0.15, 0.2) is 0 Å². The predicted molar refractivity (Wildman–Crippen MR) is 93.8 cm³/mol. The van der Waals surface area contributed by atoms with Crippen molar-refractivity contribution < 1.29 is 23.3 Å². The quantitative estimate of drug-likeness (QED) is 0.525. The Morgan fingerprint density at radius 1 is 0.636 bits per heavy atom. The molecular weight excluding hydrogens is 299 g/mol. The summed E-state index contributed by atoms with van der Waals surface area (Å²) in [5, 5.41) is 0. The number of rotatable bonds is 7. The average molecular weight is 340 g/mol. The molecule has 0 aromatic rings. The molecule has 0 aliphatic heterocycles. The highest BCUT2D eigenvalue weighted by Gasteiger charge is 2.11. The van der Waals surface area contributed by atoms with Crippen LogP contribution in [-0.2, 0) is 4.57 Å². The summed E-state index contributed by atoms with van der Waals surface area (Å²) in [6.45, 7) is 22.3. The maximum atomic E-state index is 9.47. The maximum Gasteiger partial charge on any atom is 0.0755 e. The molecule has 0 radical (unpaired) electrons. The van der Waals surface area contributed by atoms with E-state index in [1.54, 1.807) is 0 Å². The van der Waals surface area contributed by atoms with Crippen molar-refractivity contribution in [3.05, 3.63) is 0 Å². The summed E-state index contributed by atoms with van der Waals surface area (Å²) in [5.41, 5.74) is 0. The van der Waals surface area contributed by atoms with Gasteiger partial charge in [0, 0.05) is 0 Å². The summed E-state index contributed by atoms with van der Waals surface area (Å²) in [7, 11) is 0.437. The number of hydrogen-bond acceptors (Lipinski definition) is 3. The van der Waals surface area contributed by atoms with Crippen LogP contribution in [0.5, 0.6) is 0 Å². The molecule has 0 saturated carbocycles. The van der Waals surface area contributed by atoms with Gasteiger partial charge in [0.05, 0.1) is 53.4 Å². The molecular formula is C16H41N2O3P. The zero-order valence-electron chi connectivity index (χ0n) is 16.5. The Balaban J connectivity index is -0.000000249. The summed E-state index contributed by atoms with van der Waals surface area (Å²) in [4.78, 5) is 18.9. The van der Waals surface area contributed by atoms with Crippen LogP contribution in [0.25, 0.3) is 0 Å². The Kier molecular flexibility index (Phi) is 16.5. The molecule has 5 nitrogen and oxygen atoms in total. The molecule has 0 aliphatic carbocycles. The van der Waals surface area contributed by atoms with E-state index in [-0.39, 0.29) is 6.16 Å². The van der Waals surface area contributed by atoms with E-state index < -0.39 is 7.60 Å². The van der Waals surface area contributed by atoms with Gasteiger partial charge >= 0.3 is 0 Å². The molecule has 0 heterocycles. The first-order valence-electron chi connectivity index (χ1n) is 8.61. The molecule has 0 spiro atoms. The van der Waals surface area contributed by atoms with Crippen LogP contribution in [0.1, 0.15) is 48.5 Å². The lowest BCUT2D eigenvalue weighted by Crippen LogP contribution is -2.42. The van der Waals surface area contributed by atoms with Crippen molar-refractivity contribution in [3.63, 3.8) is 0 Å². The fourth-order valence-electron chi connectivity index (χ4n) is 1.34. The van der Waals surface area contributed by atoms with Gasteiger partial charge in [-0.15, -0.1) is 0 Å². The van der Waals surface area contributed by atoms with Gasteiger partial charge in [-0.25, -0.2) is 0 Å². The van der Waals surface area contributed by atoms with Crippen molar-refractivity contribution in [2.24, 2.45) is 0 Å². The van der Waals surface area contributed by atoms with Crippen molar-refractivity contribution in [1.29, 1.82) is 0 Å². The highest BCUT2D eigenvalue weighted by Crippen LogP contribution is 2.19. The van der Waals surface area contributed by atoms with Crippen LogP contribution in [-0.4, -0.2) is 68.5 Å². The Morgan fingerprint density at radius 2 is 0.773 bits per heavy atom. The maximum absolute atomic E-state index is 9.47. The molecule has 0 amide bonds. The van der Waals surface area contributed by atoms with E-state index >= 15 is 0 Å². The number of quaternary nitrogens is 2. The van der Waals surface area contributed by atoms with Crippen LogP contribution in [0.4, 0.5) is 0 Å². The van der Waals surface area contributed by atoms with Gasteiger partial charge in [-0.2, -0.15) is 0 Å². The number of nitrogens with zero attached hydrogens (tertiary/aromatic N) is 2. The second kappa shape index (κ2) is 13.5. The van der Waals surface area contributed by atoms with E-state index in [9.17, 15) is 14.4 Å². The molecule has 0 saturated heterocycles. The molecule has 0 fully saturated rings. The second-order valence-corrected chi connectivity index (χ2v) is 7.92. The molecule has 138 valence electrons. The predicted octanol–water partition coefficient (Wildman–Crippen LogP) is 1.91. The van der Waals surface area contributed by atoms with Crippen LogP contribution >= 0.6 is 7.60 Å². The summed E-state index contributed by atoms with van der Waals surface area (Å²) >= 11 is 0. The highest BCUT2D eigenvalue weighted by atomic mass is 31.2. The third kappa shape index (κ3) is 16.4. The lowest BCUT2D eigenvalue weighted by molar-refractivity contribution is -0.904. The molecule has 0 atom stereocenters. The van der Waals surface area contributed by atoms with Crippen LogP contribution < -0.4 is 9.79 Å². The van der Waals surface area contributed by atoms with E-state index in [0.717, 1.165) is 0 Å². The number of hydrogen-bond donors (Lipinski definition) is 0. The van der Waals surface area contributed by atoms with Crippen molar-refractivity contribution in [2.45, 2.75) is 48.5 Å². The lowest BCUT2D eigenvalue weighted by atomic mass is 10.4. The molecule has 0 bridgehead atoms. The molecule has 6 heteroatoms. The van der Waals surface area contributed by atoms with Crippen LogP contribution in [0.3, 0.4) is 0 Å². The first kappa shape index (κ1) is 26.9. The average Bonchev–Trinajstić information content (AvgIpc) is 2.53. The zero-order chi connectivity index (χ0) is 18.4. The fraction of sp³-hybridized carbons (Fsp3) is 1.00. The smallest absolute Gasteiger partial charge is 0.0755 e. The SMILES string of the molecule is CCP(=O)([O-])[O-].CC[N+](C)(CC)CC.CC[N+](C)(CC)CC. The van der Waals surface area contributed by atoms with Gasteiger partial charge in [0.15, 0.2) is 0 Å². The molecule has 0 N–H and O–H groups in total. The van der Waals surface area contributed by atoms with Crippen LogP contribution in [0, 0.1) is 0 Å². The van der Waals surface area contributed by atoms with Gasteiger partial charge in [0.1, 0.15) is 0 Å². The minimum Gasteiger partial charge on any atom is -0.811 e. The van der Waals surface area contributed by atoms with Crippen molar-refractivity contribution in [1.82, 2.24) is 0 Å². The van der Waals surface area contributed by atoms with Gasteiger partial charge in [-0.1, -0.05) is 14.5 Å². The monoisotopic (exact) mass is 340 g/mol. The van der Waals surface area contributed by atoms with E-state index in [0.29, 0.717) is 0 Å². The molecule has 0 unspecified atom stereocenters. The second-order valence-electron chi connectivity index (χ2n) is 6.06. The summed E-state index contributed by atoms with van der Waals surface area (Å²) < 4.78 is 11.9. The Morgan fingerprint density at radius 3 is 0.773 bits per heavy atom.